The monoisotopic (exact) mass is 264 g/mol. The average Bonchev–Trinajstić information content (AvgIpc) is 2.42. The van der Waals surface area contributed by atoms with E-state index < -0.39 is 0 Å². The SMILES string of the molecule is CCC1CCC(C(NN)C2=CCCCCCC2)CC1. The number of nitrogens with one attached hydrogen (secondary N) is 1. The summed E-state index contributed by atoms with van der Waals surface area (Å²) in [6.07, 6.45) is 17.5. The summed E-state index contributed by atoms with van der Waals surface area (Å²) in [5.74, 6) is 7.65. The molecule has 110 valence electrons. The summed E-state index contributed by atoms with van der Waals surface area (Å²) in [4.78, 5) is 0. The first-order valence-corrected chi connectivity index (χ1v) is 8.50. The molecule has 2 aliphatic carbocycles. The van der Waals surface area contributed by atoms with Crippen LogP contribution < -0.4 is 11.3 Å². The summed E-state index contributed by atoms with van der Waals surface area (Å²) in [5, 5.41) is 0. The molecule has 0 bridgehead atoms. The highest BCUT2D eigenvalue weighted by molar-refractivity contribution is 5.13. The molecule has 1 fully saturated rings. The fourth-order valence-electron chi connectivity index (χ4n) is 3.97. The van der Waals surface area contributed by atoms with Crippen LogP contribution >= 0.6 is 0 Å². The fourth-order valence-corrected chi connectivity index (χ4v) is 3.97. The lowest BCUT2D eigenvalue weighted by atomic mass is 9.75. The first-order chi connectivity index (χ1) is 9.35. The minimum absolute atomic E-state index is 0.455. The first kappa shape index (κ1) is 15.1. The van der Waals surface area contributed by atoms with E-state index in [1.165, 1.54) is 70.6 Å². The van der Waals surface area contributed by atoms with E-state index in [4.69, 9.17) is 5.84 Å². The van der Waals surface area contributed by atoms with Crippen LogP contribution in [0.2, 0.25) is 0 Å². The Morgan fingerprint density at radius 2 is 1.89 bits per heavy atom. The van der Waals surface area contributed by atoms with Crippen LogP contribution in [0.3, 0.4) is 0 Å². The third kappa shape index (κ3) is 4.32. The maximum atomic E-state index is 5.90. The van der Waals surface area contributed by atoms with Crippen LogP contribution in [0.5, 0.6) is 0 Å². The fraction of sp³-hybridized carbons (Fsp3) is 0.882. The van der Waals surface area contributed by atoms with Crippen LogP contribution in [0.4, 0.5) is 0 Å². The zero-order chi connectivity index (χ0) is 13.5. The van der Waals surface area contributed by atoms with E-state index in [9.17, 15) is 0 Å². The molecule has 0 aromatic heterocycles. The molecule has 0 spiro atoms. The second-order valence-corrected chi connectivity index (χ2v) is 6.57. The van der Waals surface area contributed by atoms with E-state index in [1.54, 1.807) is 5.57 Å². The van der Waals surface area contributed by atoms with Crippen molar-refractivity contribution in [3.8, 4) is 0 Å². The molecule has 0 amide bonds. The van der Waals surface area contributed by atoms with Crippen LogP contribution in [0.15, 0.2) is 11.6 Å². The molecule has 0 aliphatic heterocycles. The molecule has 0 aromatic carbocycles. The number of nitrogens with two attached hydrogens (primary N) is 1. The molecule has 1 atom stereocenters. The van der Waals surface area contributed by atoms with Gasteiger partial charge in [0.25, 0.3) is 0 Å². The van der Waals surface area contributed by atoms with E-state index in [-0.39, 0.29) is 0 Å². The number of hydrazine groups is 1. The number of hydrogen-bond donors (Lipinski definition) is 2. The summed E-state index contributed by atoms with van der Waals surface area (Å²) in [6, 6.07) is 0.455. The van der Waals surface area contributed by atoms with Gasteiger partial charge in [0.1, 0.15) is 0 Å². The van der Waals surface area contributed by atoms with Gasteiger partial charge in [-0.25, -0.2) is 0 Å². The van der Waals surface area contributed by atoms with Gasteiger partial charge in [-0.2, -0.15) is 0 Å². The molecule has 2 aliphatic rings. The van der Waals surface area contributed by atoms with Gasteiger partial charge >= 0.3 is 0 Å². The summed E-state index contributed by atoms with van der Waals surface area (Å²) in [6.45, 7) is 2.33. The second-order valence-electron chi connectivity index (χ2n) is 6.57. The highest BCUT2D eigenvalue weighted by Crippen LogP contribution is 2.35. The lowest BCUT2D eigenvalue weighted by Gasteiger charge is -2.35. The van der Waals surface area contributed by atoms with Gasteiger partial charge in [-0.05, 0) is 50.4 Å². The van der Waals surface area contributed by atoms with Crippen LogP contribution in [-0.2, 0) is 0 Å². The van der Waals surface area contributed by atoms with Crippen molar-refractivity contribution in [2.45, 2.75) is 83.6 Å². The quantitative estimate of drug-likeness (QED) is 0.451. The molecular formula is C17H32N2. The zero-order valence-electron chi connectivity index (χ0n) is 12.7. The minimum Gasteiger partial charge on any atom is -0.271 e. The summed E-state index contributed by atoms with van der Waals surface area (Å²) in [5.41, 5.74) is 4.77. The molecule has 3 N–H and O–H groups in total. The Kier molecular flexibility index (Phi) is 6.39. The lowest BCUT2D eigenvalue weighted by molar-refractivity contribution is 0.230. The van der Waals surface area contributed by atoms with Crippen LogP contribution in [0, 0.1) is 11.8 Å². The highest BCUT2D eigenvalue weighted by Gasteiger charge is 2.28. The third-order valence-corrected chi connectivity index (χ3v) is 5.35. The topological polar surface area (TPSA) is 38.0 Å². The Morgan fingerprint density at radius 1 is 1.16 bits per heavy atom. The van der Waals surface area contributed by atoms with Crippen molar-refractivity contribution in [3.63, 3.8) is 0 Å². The van der Waals surface area contributed by atoms with E-state index in [0.29, 0.717) is 6.04 Å². The normalized spacial score (nSPS) is 31.2. The maximum absolute atomic E-state index is 5.90. The Labute approximate surface area is 119 Å². The molecule has 1 unspecified atom stereocenters. The molecule has 19 heavy (non-hydrogen) atoms. The van der Waals surface area contributed by atoms with Gasteiger partial charge in [-0.15, -0.1) is 0 Å². The van der Waals surface area contributed by atoms with E-state index in [2.05, 4.69) is 18.4 Å². The number of hydrogen-bond acceptors (Lipinski definition) is 2. The molecule has 0 radical (unpaired) electrons. The number of rotatable bonds is 4. The minimum atomic E-state index is 0.455. The Morgan fingerprint density at radius 3 is 2.58 bits per heavy atom. The van der Waals surface area contributed by atoms with E-state index in [0.717, 1.165) is 11.8 Å². The summed E-state index contributed by atoms with van der Waals surface area (Å²) >= 11 is 0. The molecule has 0 saturated heterocycles. The Bertz CT molecular complexity index is 277. The van der Waals surface area contributed by atoms with E-state index in [1.807, 2.05) is 0 Å². The van der Waals surface area contributed by atoms with Crippen molar-refractivity contribution >= 4 is 0 Å². The molecule has 0 aromatic rings. The van der Waals surface area contributed by atoms with Crippen molar-refractivity contribution < 1.29 is 0 Å². The maximum Gasteiger partial charge on any atom is 0.0447 e. The molecule has 2 nitrogen and oxygen atoms in total. The smallest absolute Gasteiger partial charge is 0.0447 e. The van der Waals surface area contributed by atoms with Gasteiger partial charge < -0.3 is 0 Å². The predicted octanol–water partition coefficient (Wildman–Crippen LogP) is 4.32. The molecule has 2 rings (SSSR count). The van der Waals surface area contributed by atoms with Crippen molar-refractivity contribution in [1.82, 2.24) is 5.43 Å². The van der Waals surface area contributed by atoms with Crippen molar-refractivity contribution in [2.24, 2.45) is 17.7 Å². The predicted molar refractivity (Wildman–Crippen MR) is 82.6 cm³/mol. The van der Waals surface area contributed by atoms with Crippen LogP contribution in [0.25, 0.3) is 0 Å². The second kappa shape index (κ2) is 8.06. The van der Waals surface area contributed by atoms with Gasteiger partial charge in [-0.1, -0.05) is 50.7 Å². The van der Waals surface area contributed by atoms with Gasteiger partial charge in [-0.3, -0.25) is 11.3 Å². The lowest BCUT2D eigenvalue weighted by Crippen LogP contribution is -2.43. The highest BCUT2D eigenvalue weighted by atomic mass is 15.2. The third-order valence-electron chi connectivity index (χ3n) is 5.35. The van der Waals surface area contributed by atoms with E-state index >= 15 is 0 Å². The largest absolute Gasteiger partial charge is 0.271 e. The summed E-state index contributed by atoms with van der Waals surface area (Å²) in [7, 11) is 0. The first-order valence-electron chi connectivity index (χ1n) is 8.50. The molecule has 0 heterocycles. The Hall–Kier alpha value is -0.340. The van der Waals surface area contributed by atoms with Crippen molar-refractivity contribution in [2.75, 3.05) is 0 Å². The van der Waals surface area contributed by atoms with Crippen LogP contribution in [-0.4, -0.2) is 6.04 Å². The van der Waals surface area contributed by atoms with Crippen molar-refractivity contribution in [1.29, 1.82) is 0 Å². The molecular weight excluding hydrogens is 232 g/mol. The van der Waals surface area contributed by atoms with Gasteiger partial charge in [0.2, 0.25) is 0 Å². The van der Waals surface area contributed by atoms with Gasteiger partial charge in [0.15, 0.2) is 0 Å². The number of allylic oxidation sites excluding steroid dienone is 1. The standard InChI is InChI=1S/C17H32N2/c1-2-14-10-12-16(13-11-14)17(19-18)15-8-6-4-3-5-7-9-15/h8,14,16-17,19H,2-7,9-13,18H2,1H3. The van der Waals surface area contributed by atoms with Gasteiger partial charge in [0.05, 0.1) is 0 Å². The Balaban J connectivity index is 1.94. The molecule has 2 heteroatoms. The molecule has 1 saturated carbocycles. The zero-order valence-corrected chi connectivity index (χ0v) is 12.7. The van der Waals surface area contributed by atoms with Crippen molar-refractivity contribution in [3.05, 3.63) is 11.6 Å². The summed E-state index contributed by atoms with van der Waals surface area (Å²) < 4.78 is 0. The van der Waals surface area contributed by atoms with Gasteiger partial charge in [0, 0.05) is 6.04 Å². The average molecular weight is 264 g/mol. The van der Waals surface area contributed by atoms with Crippen LogP contribution in [0.1, 0.15) is 77.6 Å².